The molecule has 0 aliphatic carbocycles. The van der Waals surface area contributed by atoms with Crippen molar-refractivity contribution in [3.05, 3.63) is 27.1 Å². The Kier molecular flexibility index (Phi) is 3.85. The molecule has 13 heavy (non-hydrogen) atoms. The number of rotatable bonds is 5. The van der Waals surface area contributed by atoms with Crippen molar-refractivity contribution in [2.24, 2.45) is 0 Å². The minimum atomic E-state index is -0.353. The zero-order chi connectivity index (χ0) is 9.68. The lowest BCUT2D eigenvalue weighted by Crippen LogP contribution is -2.12. The van der Waals surface area contributed by atoms with Gasteiger partial charge in [-0.1, -0.05) is 18.3 Å². The molecule has 0 unspecified atom stereocenters. The normalized spacial score (nSPS) is 10.2. The summed E-state index contributed by atoms with van der Waals surface area (Å²) >= 11 is 1.23. The molecule has 0 aliphatic heterocycles. The van der Waals surface area contributed by atoms with Crippen LogP contribution in [0.5, 0.6) is 0 Å². The molecule has 72 valence electrons. The maximum absolute atomic E-state index is 10.3. The van der Waals surface area contributed by atoms with Gasteiger partial charge in [0, 0.05) is 17.5 Å². The van der Waals surface area contributed by atoms with Gasteiger partial charge in [-0.3, -0.25) is 10.1 Å². The fourth-order valence-electron chi connectivity index (χ4n) is 0.948. The van der Waals surface area contributed by atoms with Crippen molar-refractivity contribution < 1.29 is 4.92 Å². The van der Waals surface area contributed by atoms with Gasteiger partial charge in [0.15, 0.2) is 0 Å². The minimum Gasteiger partial charge on any atom is -0.312 e. The van der Waals surface area contributed by atoms with Gasteiger partial charge in [-0.25, -0.2) is 0 Å². The SMILES string of the molecule is CCCNCc1ccc([N+](=O)[O-])s1. The molecule has 0 aromatic carbocycles. The summed E-state index contributed by atoms with van der Waals surface area (Å²) in [5.41, 5.74) is 0. The minimum absolute atomic E-state index is 0.216. The molecule has 5 heteroatoms. The summed E-state index contributed by atoms with van der Waals surface area (Å²) in [5.74, 6) is 0. The highest BCUT2D eigenvalue weighted by Gasteiger charge is 2.08. The number of nitrogens with zero attached hydrogens (tertiary/aromatic N) is 1. The standard InChI is InChI=1S/C8H12N2O2S/c1-2-5-9-6-7-3-4-8(13-7)10(11)12/h3-4,9H,2,5-6H2,1H3. The first-order valence-corrected chi connectivity index (χ1v) is 4.99. The Morgan fingerprint density at radius 2 is 2.38 bits per heavy atom. The topological polar surface area (TPSA) is 55.2 Å². The van der Waals surface area contributed by atoms with Crippen LogP contribution in [0.1, 0.15) is 18.2 Å². The Balaban J connectivity index is 2.44. The lowest BCUT2D eigenvalue weighted by molar-refractivity contribution is -0.380. The summed E-state index contributed by atoms with van der Waals surface area (Å²) < 4.78 is 0. The van der Waals surface area contributed by atoms with Gasteiger partial charge >= 0.3 is 5.00 Å². The van der Waals surface area contributed by atoms with Gasteiger partial charge in [-0.05, 0) is 19.0 Å². The first kappa shape index (κ1) is 10.1. The predicted molar refractivity (Wildman–Crippen MR) is 53.0 cm³/mol. The van der Waals surface area contributed by atoms with Crippen molar-refractivity contribution >= 4 is 16.3 Å². The number of nitrogens with one attached hydrogen (secondary N) is 1. The van der Waals surface area contributed by atoms with E-state index in [1.54, 1.807) is 12.1 Å². The van der Waals surface area contributed by atoms with E-state index in [1.165, 1.54) is 11.3 Å². The van der Waals surface area contributed by atoms with E-state index in [9.17, 15) is 10.1 Å². The number of thiophene rings is 1. The summed E-state index contributed by atoms with van der Waals surface area (Å²) in [6.45, 7) is 3.77. The van der Waals surface area contributed by atoms with Crippen LogP contribution in [0.4, 0.5) is 5.00 Å². The highest BCUT2D eigenvalue weighted by Crippen LogP contribution is 2.23. The van der Waals surface area contributed by atoms with E-state index in [2.05, 4.69) is 12.2 Å². The van der Waals surface area contributed by atoms with Crippen LogP contribution in [0, 0.1) is 10.1 Å². The zero-order valence-corrected chi connectivity index (χ0v) is 8.26. The zero-order valence-electron chi connectivity index (χ0n) is 7.45. The van der Waals surface area contributed by atoms with Gasteiger partial charge < -0.3 is 5.32 Å². The van der Waals surface area contributed by atoms with Crippen LogP contribution in [-0.4, -0.2) is 11.5 Å². The first-order chi connectivity index (χ1) is 6.24. The Morgan fingerprint density at radius 1 is 1.62 bits per heavy atom. The van der Waals surface area contributed by atoms with Gasteiger partial charge in [0.25, 0.3) is 0 Å². The van der Waals surface area contributed by atoms with Crippen LogP contribution < -0.4 is 5.32 Å². The summed E-state index contributed by atoms with van der Waals surface area (Å²) in [7, 11) is 0. The second-order valence-electron chi connectivity index (χ2n) is 2.67. The van der Waals surface area contributed by atoms with Crippen LogP contribution in [0.2, 0.25) is 0 Å². The van der Waals surface area contributed by atoms with Crippen molar-refractivity contribution in [2.75, 3.05) is 6.54 Å². The number of hydrogen-bond donors (Lipinski definition) is 1. The molecule has 1 aromatic rings. The molecule has 0 saturated carbocycles. The molecule has 0 radical (unpaired) electrons. The lowest BCUT2D eigenvalue weighted by atomic mass is 10.4. The average Bonchev–Trinajstić information content (AvgIpc) is 2.53. The van der Waals surface area contributed by atoms with Gasteiger partial charge in [-0.15, -0.1) is 0 Å². The fraction of sp³-hybridized carbons (Fsp3) is 0.500. The Labute approximate surface area is 80.7 Å². The highest BCUT2D eigenvalue weighted by molar-refractivity contribution is 7.15. The number of hydrogen-bond acceptors (Lipinski definition) is 4. The van der Waals surface area contributed by atoms with Crippen LogP contribution in [0.15, 0.2) is 12.1 Å². The predicted octanol–water partition coefficient (Wildman–Crippen LogP) is 2.16. The monoisotopic (exact) mass is 200 g/mol. The summed E-state index contributed by atoms with van der Waals surface area (Å²) in [5, 5.41) is 13.7. The van der Waals surface area contributed by atoms with Crippen LogP contribution in [0.3, 0.4) is 0 Å². The third kappa shape index (κ3) is 3.12. The van der Waals surface area contributed by atoms with Crippen molar-refractivity contribution in [1.29, 1.82) is 0 Å². The number of nitro groups is 1. The molecule has 1 heterocycles. The molecule has 4 nitrogen and oxygen atoms in total. The maximum Gasteiger partial charge on any atom is 0.324 e. The molecule has 0 amide bonds. The van der Waals surface area contributed by atoms with E-state index in [-0.39, 0.29) is 9.92 Å². The summed E-state index contributed by atoms with van der Waals surface area (Å²) in [6, 6.07) is 3.35. The van der Waals surface area contributed by atoms with Crippen LogP contribution >= 0.6 is 11.3 Å². The summed E-state index contributed by atoms with van der Waals surface area (Å²) in [6.07, 6.45) is 1.08. The molecule has 0 spiro atoms. The largest absolute Gasteiger partial charge is 0.324 e. The van der Waals surface area contributed by atoms with Crippen molar-refractivity contribution in [1.82, 2.24) is 5.32 Å². The average molecular weight is 200 g/mol. The molecular formula is C8H12N2O2S. The van der Waals surface area contributed by atoms with Crippen molar-refractivity contribution in [3.8, 4) is 0 Å². The molecular weight excluding hydrogens is 188 g/mol. The molecule has 0 aliphatic rings. The van der Waals surface area contributed by atoms with Gasteiger partial charge in [0.05, 0.1) is 4.92 Å². The smallest absolute Gasteiger partial charge is 0.312 e. The Bertz CT molecular complexity index is 285. The van der Waals surface area contributed by atoms with E-state index < -0.39 is 0 Å². The van der Waals surface area contributed by atoms with Crippen LogP contribution in [0.25, 0.3) is 0 Å². The van der Waals surface area contributed by atoms with Gasteiger partial charge in [-0.2, -0.15) is 0 Å². The van der Waals surface area contributed by atoms with Gasteiger partial charge in [0.2, 0.25) is 0 Å². The molecule has 1 N–H and O–H groups in total. The summed E-state index contributed by atoms with van der Waals surface area (Å²) in [4.78, 5) is 11.0. The molecule has 0 fully saturated rings. The third-order valence-corrected chi connectivity index (χ3v) is 2.59. The van der Waals surface area contributed by atoms with E-state index in [4.69, 9.17) is 0 Å². The molecule has 1 aromatic heterocycles. The molecule has 0 atom stereocenters. The molecule has 0 bridgehead atoms. The Hall–Kier alpha value is -0.940. The van der Waals surface area contributed by atoms with E-state index in [0.29, 0.717) is 0 Å². The van der Waals surface area contributed by atoms with E-state index in [1.807, 2.05) is 0 Å². The lowest BCUT2D eigenvalue weighted by Gasteiger charge is -1.97. The molecule has 0 saturated heterocycles. The maximum atomic E-state index is 10.3. The Morgan fingerprint density at radius 3 is 2.92 bits per heavy atom. The second-order valence-corrected chi connectivity index (χ2v) is 3.82. The van der Waals surface area contributed by atoms with E-state index >= 15 is 0 Å². The van der Waals surface area contributed by atoms with E-state index in [0.717, 1.165) is 24.4 Å². The van der Waals surface area contributed by atoms with Gasteiger partial charge in [0.1, 0.15) is 0 Å². The highest BCUT2D eigenvalue weighted by atomic mass is 32.1. The van der Waals surface area contributed by atoms with Crippen molar-refractivity contribution in [3.63, 3.8) is 0 Å². The van der Waals surface area contributed by atoms with Crippen molar-refractivity contribution in [2.45, 2.75) is 19.9 Å². The molecule has 1 rings (SSSR count). The third-order valence-electron chi connectivity index (χ3n) is 1.55. The first-order valence-electron chi connectivity index (χ1n) is 4.18. The second kappa shape index (κ2) is 4.94. The fourth-order valence-corrected chi connectivity index (χ4v) is 1.74. The quantitative estimate of drug-likeness (QED) is 0.450. The van der Waals surface area contributed by atoms with Crippen LogP contribution in [-0.2, 0) is 6.54 Å².